The molecule has 0 saturated heterocycles. The zero-order valence-electron chi connectivity index (χ0n) is 9.59. The molecule has 7 heteroatoms. The molecule has 0 aliphatic heterocycles. The predicted molar refractivity (Wildman–Crippen MR) is 69.8 cm³/mol. The van der Waals surface area contributed by atoms with E-state index in [2.05, 4.69) is 26.4 Å². The number of unbranched alkanes of at least 4 members (excludes halogenated alkanes) is 1. The molecule has 1 aromatic carbocycles. The molecule has 18 heavy (non-hydrogen) atoms. The van der Waals surface area contributed by atoms with Crippen molar-refractivity contribution in [3.05, 3.63) is 28.2 Å². The fourth-order valence-electron chi connectivity index (χ4n) is 1.41. The number of hydrogen-bond donors (Lipinski definition) is 3. The van der Waals surface area contributed by atoms with Crippen molar-refractivity contribution in [2.75, 3.05) is 11.9 Å². The number of amidine groups is 1. The second kappa shape index (κ2) is 7.15. The minimum Gasteiger partial charge on any atom is -0.409 e. The second-order valence-electron chi connectivity index (χ2n) is 3.72. The number of nitrogens with zero attached hydrogens (tertiary/aromatic N) is 1. The molecule has 0 bridgehead atoms. The molecule has 0 unspecified atom stereocenters. The van der Waals surface area contributed by atoms with Crippen molar-refractivity contribution in [1.29, 1.82) is 0 Å². The summed E-state index contributed by atoms with van der Waals surface area (Å²) in [6.07, 6.45) is 1.91. The summed E-state index contributed by atoms with van der Waals surface area (Å²) < 4.78 is 26.6. The molecule has 0 radical (unpaired) electrons. The van der Waals surface area contributed by atoms with Crippen molar-refractivity contribution < 1.29 is 14.0 Å². The molecule has 4 N–H and O–H groups in total. The lowest BCUT2D eigenvalue weighted by molar-refractivity contribution is 0.316. The number of halogens is 3. The third-order valence-electron chi connectivity index (χ3n) is 2.30. The molecule has 1 rings (SSSR count). The van der Waals surface area contributed by atoms with E-state index < -0.39 is 11.6 Å². The van der Waals surface area contributed by atoms with E-state index in [1.54, 1.807) is 0 Å². The van der Waals surface area contributed by atoms with Gasteiger partial charge in [-0.2, -0.15) is 0 Å². The first kappa shape index (κ1) is 14.7. The lowest BCUT2D eigenvalue weighted by Gasteiger charge is -2.09. The Morgan fingerprint density at radius 3 is 2.72 bits per heavy atom. The van der Waals surface area contributed by atoms with Gasteiger partial charge in [0.2, 0.25) is 0 Å². The van der Waals surface area contributed by atoms with Crippen molar-refractivity contribution in [1.82, 2.24) is 0 Å². The fourth-order valence-corrected chi connectivity index (χ4v) is 1.95. The van der Waals surface area contributed by atoms with Crippen molar-refractivity contribution in [3.8, 4) is 0 Å². The first-order chi connectivity index (χ1) is 8.54. The van der Waals surface area contributed by atoms with E-state index in [0.717, 1.165) is 12.5 Å². The van der Waals surface area contributed by atoms with E-state index in [0.29, 0.717) is 23.9 Å². The lowest BCUT2D eigenvalue weighted by atomic mass is 10.2. The molecule has 0 amide bonds. The molecule has 0 saturated carbocycles. The molecular formula is C11H14BrF2N3O. The third kappa shape index (κ3) is 4.48. The molecule has 0 spiro atoms. The summed E-state index contributed by atoms with van der Waals surface area (Å²) in [6.45, 7) is 0.514. The summed E-state index contributed by atoms with van der Waals surface area (Å²) in [5.41, 5.74) is 5.54. The van der Waals surface area contributed by atoms with Crippen LogP contribution in [0.1, 0.15) is 19.3 Å². The summed E-state index contributed by atoms with van der Waals surface area (Å²) in [7, 11) is 0. The Balaban J connectivity index is 2.40. The smallest absolute Gasteiger partial charge is 0.150 e. The summed E-state index contributed by atoms with van der Waals surface area (Å²) in [5.74, 6) is -1.10. The SMILES string of the molecule is NC(CCCCNc1c(F)cc(F)cc1Br)=NO. The van der Waals surface area contributed by atoms with Gasteiger partial charge in [0, 0.05) is 23.5 Å². The molecule has 0 aliphatic carbocycles. The molecule has 100 valence electrons. The van der Waals surface area contributed by atoms with Gasteiger partial charge in [-0.1, -0.05) is 5.16 Å². The average molecular weight is 322 g/mol. The summed E-state index contributed by atoms with van der Waals surface area (Å²) in [6, 6.07) is 2.02. The van der Waals surface area contributed by atoms with Gasteiger partial charge in [0.25, 0.3) is 0 Å². The number of benzene rings is 1. The third-order valence-corrected chi connectivity index (χ3v) is 2.92. The van der Waals surface area contributed by atoms with Crippen molar-refractivity contribution >= 4 is 27.5 Å². The van der Waals surface area contributed by atoms with Crippen LogP contribution in [0.5, 0.6) is 0 Å². The van der Waals surface area contributed by atoms with Crippen LogP contribution < -0.4 is 11.1 Å². The summed E-state index contributed by atoms with van der Waals surface area (Å²) in [5, 5.41) is 14.0. The Morgan fingerprint density at radius 1 is 1.39 bits per heavy atom. The van der Waals surface area contributed by atoms with E-state index in [4.69, 9.17) is 10.9 Å². The van der Waals surface area contributed by atoms with E-state index in [1.165, 1.54) is 6.07 Å². The maximum atomic E-state index is 13.4. The normalized spacial score (nSPS) is 11.6. The van der Waals surface area contributed by atoms with Gasteiger partial charge < -0.3 is 16.3 Å². The maximum Gasteiger partial charge on any atom is 0.150 e. The molecule has 0 aliphatic rings. The largest absolute Gasteiger partial charge is 0.409 e. The van der Waals surface area contributed by atoms with E-state index >= 15 is 0 Å². The summed E-state index contributed by atoms with van der Waals surface area (Å²) in [4.78, 5) is 0. The Hall–Kier alpha value is -1.37. The number of hydrogen-bond acceptors (Lipinski definition) is 3. The number of nitrogens with two attached hydrogens (primary N) is 1. The van der Waals surface area contributed by atoms with Gasteiger partial charge in [-0.3, -0.25) is 0 Å². The standard InChI is InChI=1S/C11H14BrF2N3O/c12-8-5-7(13)6-9(14)11(8)16-4-2-1-3-10(15)17-18/h5-6,16,18H,1-4H2,(H2,15,17). The van der Waals surface area contributed by atoms with E-state index in [1.807, 2.05) is 0 Å². The quantitative estimate of drug-likeness (QED) is 0.248. The van der Waals surface area contributed by atoms with Crippen molar-refractivity contribution in [3.63, 3.8) is 0 Å². The molecule has 0 fully saturated rings. The lowest BCUT2D eigenvalue weighted by Crippen LogP contribution is -2.12. The maximum absolute atomic E-state index is 13.4. The van der Waals surface area contributed by atoms with Gasteiger partial charge in [-0.15, -0.1) is 0 Å². The number of rotatable bonds is 6. The van der Waals surface area contributed by atoms with Crippen molar-refractivity contribution in [2.45, 2.75) is 19.3 Å². The van der Waals surface area contributed by atoms with E-state index in [-0.39, 0.29) is 11.5 Å². The van der Waals surface area contributed by atoms with Gasteiger partial charge in [-0.05, 0) is 34.8 Å². The Kier molecular flexibility index (Phi) is 5.84. The highest BCUT2D eigenvalue weighted by Crippen LogP contribution is 2.26. The van der Waals surface area contributed by atoms with Crippen LogP contribution in [0.25, 0.3) is 0 Å². The number of nitrogens with one attached hydrogen (secondary N) is 1. The van der Waals surface area contributed by atoms with Gasteiger partial charge in [0.1, 0.15) is 17.5 Å². The monoisotopic (exact) mass is 321 g/mol. The van der Waals surface area contributed by atoms with Gasteiger partial charge in [0.05, 0.1) is 5.69 Å². The zero-order valence-corrected chi connectivity index (χ0v) is 11.2. The van der Waals surface area contributed by atoms with Crippen LogP contribution >= 0.6 is 15.9 Å². The highest BCUT2D eigenvalue weighted by Gasteiger charge is 2.08. The minimum atomic E-state index is -0.640. The molecule has 0 heterocycles. The first-order valence-corrected chi connectivity index (χ1v) is 6.18. The average Bonchev–Trinajstić information content (AvgIpc) is 2.31. The van der Waals surface area contributed by atoms with E-state index in [9.17, 15) is 8.78 Å². The van der Waals surface area contributed by atoms with Crippen LogP contribution in [0.15, 0.2) is 21.8 Å². The van der Waals surface area contributed by atoms with Gasteiger partial charge in [-0.25, -0.2) is 8.78 Å². The first-order valence-electron chi connectivity index (χ1n) is 5.39. The van der Waals surface area contributed by atoms with Crippen LogP contribution in [0.3, 0.4) is 0 Å². The molecule has 0 atom stereocenters. The zero-order chi connectivity index (χ0) is 13.5. The number of anilines is 1. The van der Waals surface area contributed by atoms with Gasteiger partial charge >= 0.3 is 0 Å². The minimum absolute atomic E-state index is 0.171. The summed E-state index contributed by atoms with van der Waals surface area (Å²) >= 11 is 3.09. The Bertz CT molecular complexity index is 417. The molecular weight excluding hydrogens is 308 g/mol. The van der Waals surface area contributed by atoms with Crippen LogP contribution in [0.2, 0.25) is 0 Å². The Morgan fingerprint density at radius 2 is 2.11 bits per heavy atom. The van der Waals surface area contributed by atoms with Crippen molar-refractivity contribution in [2.24, 2.45) is 10.9 Å². The fraction of sp³-hybridized carbons (Fsp3) is 0.364. The number of oxime groups is 1. The molecule has 4 nitrogen and oxygen atoms in total. The predicted octanol–water partition coefficient (Wildman–Crippen LogP) is 3.06. The van der Waals surface area contributed by atoms with Crippen LogP contribution in [0, 0.1) is 11.6 Å². The van der Waals surface area contributed by atoms with Crippen LogP contribution in [-0.4, -0.2) is 17.6 Å². The highest BCUT2D eigenvalue weighted by molar-refractivity contribution is 9.10. The van der Waals surface area contributed by atoms with Gasteiger partial charge in [0.15, 0.2) is 0 Å². The molecule has 1 aromatic rings. The second-order valence-corrected chi connectivity index (χ2v) is 4.57. The Labute approximate surface area is 112 Å². The topological polar surface area (TPSA) is 70.6 Å². The van der Waals surface area contributed by atoms with Crippen LogP contribution in [-0.2, 0) is 0 Å². The molecule has 0 aromatic heterocycles. The highest BCUT2D eigenvalue weighted by atomic mass is 79.9. The van der Waals surface area contributed by atoms with Crippen LogP contribution in [0.4, 0.5) is 14.5 Å².